The quantitative estimate of drug-likeness (QED) is 0.729. The van der Waals surface area contributed by atoms with Crippen LogP contribution in [0.2, 0.25) is 0 Å². The van der Waals surface area contributed by atoms with E-state index in [1.165, 1.54) is 24.1 Å². The van der Waals surface area contributed by atoms with Crippen molar-refractivity contribution in [2.45, 2.75) is 33.1 Å². The first-order chi connectivity index (χ1) is 7.72. The molecule has 0 fully saturated rings. The molecule has 1 rings (SSSR count). The smallest absolute Gasteiger partial charge is 0.119 e. The number of hydrogen-bond acceptors (Lipinski definition) is 2. The highest BCUT2D eigenvalue weighted by atomic mass is 16.5. The van der Waals surface area contributed by atoms with Crippen molar-refractivity contribution in [3.63, 3.8) is 0 Å². The highest BCUT2D eigenvalue weighted by Gasteiger charge is 2.07. The molecule has 90 valence electrons. The molecule has 0 heterocycles. The van der Waals surface area contributed by atoms with Gasteiger partial charge in [-0.05, 0) is 43.5 Å². The Bertz CT molecular complexity index is 323. The Kier molecular flexibility index (Phi) is 5.17. The summed E-state index contributed by atoms with van der Waals surface area (Å²) in [5, 5.41) is 0. The van der Waals surface area contributed by atoms with E-state index in [0.29, 0.717) is 0 Å². The molecule has 0 amide bonds. The predicted octanol–water partition coefficient (Wildman–Crippen LogP) is 3.49. The molecule has 0 bridgehead atoms. The number of methoxy groups -OCH3 is 1. The van der Waals surface area contributed by atoms with Gasteiger partial charge in [-0.15, -0.1) is 0 Å². The molecule has 0 atom stereocenters. The zero-order chi connectivity index (χ0) is 12.0. The van der Waals surface area contributed by atoms with Gasteiger partial charge in [-0.2, -0.15) is 0 Å². The molecule has 0 aliphatic heterocycles. The van der Waals surface area contributed by atoms with Crippen LogP contribution < -0.4 is 9.64 Å². The Morgan fingerprint density at radius 3 is 2.56 bits per heavy atom. The summed E-state index contributed by atoms with van der Waals surface area (Å²) in [6, 6.07) is 6.36. The van der Waals surface area contributed by atoms with Crippen LogP contribution in [-0.2, 0) is 6.42 Å². The number of hydrogen-bond donors (Lipinski definition) is 0. The van der Waals surface area contributed by atoms with E-state index in [9.17, 15) is 0 Å². The Balaban J connectivity index is 2.96. The van der Waals surface area contributed by atoms with Crippen LogP contribution in [0.4, 0.5) is 5.69 Å². The molecule has 1 aromatic rings. The molecule has 0 aliphatic rings. The fourth-order valence-electron chi connectivity index (χ4n) is 1.80. The summed E-state index contributed by atoms with van der Waals surface area (Å²) in [6.45, 7) is 5.43. The molecule has 0 aromatic heterocycles. The lowest BCUT2D eigenvalue weighted by Gasteiger charge is -2.21. The van der Waals surface area contributed by atoms with Gasteiger partial charge in [0.15, 0.2) is 0 Å². The molecular weight excluding hydrogens is 198 g/mol. The molecule has 0 N–H and O–H groups in total. The van der Waals surface area contributed by atoms with E-state index in [4.69, 9.17) is 4.74 Å². The Labute approximate surface area is 99.2 Å². The summed E-state index contributed by atoms with van der Waals surface area (Å²) in [4.78, 5) is 2.28. The van der Waals surface area contributed by atoms with Crippen LogP contribution in [0, 0.1) is 0 Å². The van der Waals surface area contributed by atoms with Crippen molar-refractivity contribution in [3.05, 3.63) is 23.8 Å². The number of aryl methyl sites for hydroxylation is 1. The Morgan fingerprint density at radius 1 is 1.25 bits per heavy atom. The highest BCUT2D eigenvalue weighted by Crippen LogP contribution is 2.26. The van der Waals surface area contributed by atoms with Crippen LogP contribution in [0.5, 0.6) is 5.75 Å². The number of unbranched alkanes of at least 4 members (excludes halogenated alkanes) is 1. The number of ether oxygens (including phenoxy) is 1. The molecule has 0 unspecified atom stereocenters. The van der Waals surface area contributed by atoms with Crippen LogP contribution in [-0.4, -0.2) is 20.7 Å². The molecule has 1 aromatic carbocycles. The van der Waals surface area contributed by atoms with E-state index in [0.717, 1.165) is 18.7 Å². The average Bonchev–Trinajstić information content (AvgIpc) is 2.34. The number of benzene rings is 1. The summed E-state index contributed by atoms with van der Waals surface area (Å²) in [5.74, 6) is 0.958. The maximum absolute atomic E-state index is 5.28. The van der Waals surface area contributed by atoms with Gasteiger partial charge in [0.05, 0.1) is 7.11 Å². The number of rotatable bonds is 6. The lowest BCUT2D eigenvalue weighted by atomic mass is 10.1. The number of anilines is 1. The summed E-state index contributed by atoms with van der Waals surface area (Å²) in [7, 11) is 3.86. The standard InChI is InChI=1S/C14H23NO/c1-5-7-8-12-11-13(16-4)9-10-14(12)15(3)6-2/h9-11H,5-8H2,1-4H3. The molecule has 0 aliphatic carbocycles. The molecule has 2 nitrogen and oxygen atoms in total. The zero-order valence-corrected chi connectivity index (χ0v) is 10.9. The van der Waals surface area contributed by atoms with E-state index >= 15 is 0 Å². The second-order valence-corrected chi connectivity index (χ2v) is 4.11. The van der Waals surface area contributed by atoms with Crippen molar-refractivity contribution in [2.75, 3.05) is 25.6 Å². The van der Waals surface area contributed by atoms with Crippen LogP contribution in [0.25, 0.3) is 0 Å². The largest absolute Gasteiger partial charge is 0.497 e. The molecular formula is C14H23NO. The molecule has 0 radical (unpaired) electrons. The van der Waals surface area contributed by atoms with Gasteiger partial charge in [-0.25, -0.2) is 0 Å². The first-order valence-electron chi connectivity index (χ1n) is 6.11. The topological polar surface area (TPSA) is 12.5 Å². The van der Waals surface area contributed by atoms with E-state index < -0.39 is 0 Å². The van der Waals surface area contributed by atoms with Crippen molar-refractivity contribution in [1.29, 1.82) is 0 Å². The normalized spacial score (nSPS) is 10.2. The van der Waals surface area contributed by atoms with Crippen molar-refractivity contribution in [1.82, 2.24) is 0 Å². The third-order valence-electron chi connectivity index (χ3n) is 2.97. The van der Waals surface area contributed by atoms with E-state index in [1.807, 2.05) is 6.07 Å². The first-order valence-corrected chi connectivity index (χ1v) is 6.11. The lowest BCUT2D eigenvalue weighted by Crippen LogP contribution is -2.17. The minimum atomic E-state index is 0.958. The molecule has 0 spiro atoms. The van der Waals surface area contributed by atoms with Gasteiger partial charge in [0, 0.05) is 19.3 Å². The minimum absolute atomic E-state index is 0.958. The fraction of sp³-hybridized carbons (Fsp3) is 0.571. The van der Waals surface area contributed by atoms with Crippen molar-refractivity contribution >= 4 is 5.69 Å². The second kappa shape index (κ2) is 6.41. The van der Waals surface area contributed by atoms with Gasteiger partial charge in [-0.3, -0.25) is 0 Å². The van der Waals surface area contributed by atoms with Crippen LogP contribution in [0.1, 0.15) is 32.3 Å². The van der Waals surface area contributed by atoms with Gasteiger partial charge in [0.1, 0.15) is 5.75 Å². The fourth-order valence-corrected chi connectivity index (χ4v) is 1.80. The third kappa shape index (κ3) is 3.16. The van der Waals surface area contributed by atoms with E-state index in [1.54, 1.807) is 7.11 Å². The van der Waals surface area contributed by atoms with Crippen molar-refractivity contribution in [2.24, 2.45) is 0 Å². The lowest BCUT2D eigenvalue weighted by molar-refractivity contribution is 0.414. The Hall–Kier alpha value is -1.18. The predicted molar refractivity (Wildman–Crippen MR) is 70.6 cm³/mol. The summed E-state index contributed by atoms with van der Waals surface area (Å²) >= 11 is 0. The van der Waals surface area contributed by atoms with Crippen LogP contribution in [0.3, 0.4) is 0 Å². The molecule has 16 heavy (non-hydrogen) atoms. The minimum Gasteiger partial charge on any atom is -0.497 e. The van der Waals surface area contributed by atoms with Gasteiger partial charge in [-0.1, -0.05) is 13.3 Å². The summed E-state index contributed by atoms with van der Waals surface area (Å²) in [6.07, 6.45) is 3.59. The number of nitrogens with zero attached hydrogens (tertiary/aromatic N) is 1. The van der Waals surface area contributed by atoms with Gasteiger partial charge < -0.3 is 9.64 Å². The first kappa shape index (κ1) is 12.9. The average molecular weight is 221 g/mol. The van der Waals surface area contributed by atoms with Crippen molar-refractivity contribution in [3.8, 4) is 5.75 Å². The van der Waals surface area contributed by atoms with Crippen LogP contribution >= 0.6 is 0 Å². The molecule has 0 saturated heterocycles. The van der Waals surface area contributed by atoms with Gasteiger partial charge in [0.2, 0.25) is 0 Å². The molecule has 2 heteroatoms. The Morgan fingerprint density at radius 2 is 2.00 bits per heavy atom. The maximum atomic E-state index is 5.28. The SMILES string of the molecule is CCCCc1cc(OC)ccc1N(C)CC. The molecule has 0 saturated carbocycles. The van der Waals surface area contributed by atoms with Gasteiger partial charge >= 0.3 is 0 Å². The second-order valence-electron chi connectivity index (χ2n) is 4.11. The van der Waals surface area contributed by atoms with E-state index in [2.05, 4.69) is 37.9 Å². The summed E-state index contributed by atoms with van der Waals surface area (Å²) in [5.41, 5.74) is 2.72. The van der Waals surface area contributed by atoms with E-state index in [-0.39, 0.29) is 0 Å². The monoisotopic (exact) mass is 221 g/mol. The van der Waals surface area contributed by atoms with Crippen LogP contribution in [0.15, 0.2) is 18.2 Å². The maximum Gasteiger partial charge on any atom is 0.119 e. The van der Waals surface area contributed by atoms with Gasteiger partial charge in [0.25, 0.3) is 0 Å². The van der Waals surface area contributed by atoms with Crippen molar-refractivity contribution < 1.29 is 4.74 Å². The summed E-state index contributed by atoms with van der Waals surface area (Å²) < 4.78 is 5.28. The third-order valence-corrected chi connectivity index (χ3v) is 2.97. The zero-order valence-electron chi connectivity index (χ0n) is 10.9. The highest BCUT2D eigenvalue weighted by molar-refractivity contribution is 5.56.